The van der Waals surface area contributed by atoms with E-state index in [-0.39, 0.29) is 135 Å². The van der Waals surface area contributed by atoms with Crippen LogP contribution in [0.25, 0.3) is 0 Å². The van der Waals surface area contributed by atoms with Gasteiger partial charge in [-0.15, -0.1) is 0 Å². The zero-order chi connectivity index (χ0) is 21.3. The minimum atomic E-state index is -2.97. The molecule has 0 bridgehead atoms. The number of hydrogen-bond donors (Lipinski definition) is 2. The number of aliphatic hydroxyl groups is 2. The maximum absolute atomic E-state index is 10.1. The van der Waals surface area contributed by atoms with Gasteiger partial charge in [-0.25, -0.2) is 0 Å². The molecule has 0 aliphatic heterocycles. The van der Waals surface area contributed by atoms with E-state index in [2.05, 4.69) is 0 Å². The fraction of sp³-hybridized carbons (Fsp3) is 0.500. The van der Waals surface area contributed by atoms with Gasteiger partial charge in [-0.1, -0.05) is 0 Å². The average Bonchev–Trinajstić information content (AvgIpc) is 2.34. The Balaban J connectivity index is -0.0000000411. The first-order chi connectivity index (χ1) is 11.6. The van der Waals surface area contributed by atoms with Crippen LogP contribution in [0.15, 0.2) is 0 Å². The largest absolute Gasteiger partial charge is 2.00 e. The van der Waals surface area contributed by atoms with Crippen LogP contribution in [0.4, 0.5) is 0 Å². The molecule has 10 N–H and O–H groups in total. The van der Waals surface area contributed by atoms with Crippen LogP contribution in [-0.4, -0.2) is 192 Å². The van der Waals surface area contributed by atoms with Gasteiger partial charge in [0, 0.05) is 49.6 Å². The van der Waals surface area contributed by atoms with Crippen molar-refractivity contribution < 1.29 is 91.5 Å². The van der Waals surface area contributed by atoms with Gasteiger partial charge in [0.25, 0.3) is 0 Å². The molecule has 18 nitrogen and oxygen atoms in total. The van der Waals surface area contributed by atoms with E-state index < -0.39 is 72.7 Å². The molecule has 0 aromatic carbocycles. The molecule has 0 saturated heterocycles. The van der Waals surface area contributed by atoms with Crippen molar-refractivity contribution in [3.63, 3.8) is 0 Å². The summed E-state index contributed by atoms with van der Waals surface area (Å²) >= 11 is 0. The smallest absolute Gasteiger partial charge is 0.550 e. The molecule has 0 aromatic heterocycles. The van der Waals surface area contributed by atoms with E-state index in [9.17, 15) is 59.4 Å². The first-order valence-corrected chi connectivity index (χ1v) is 6.23. The summed E-state index contributed by atoms with van der Waals surface area (Å²) in [6, 6.07) is 0. The van der Waals surface area contributed by atoms with Gasteiger partial charge in [0.15, 0.2) is 0 Å². The van der Waals surface area contributed by atoms with Gasteiger partial charge in [0.2, 0.25) is 0 Å². The third kappa shape index (κ3) is 28.5. The number of carbonyl (C=O) groups excluding carboxylic acids is 6. The molecule has 0 aromatic rings. The number of carboxylic acid groups (broad SMARTS) is 6. The van der Waals surface area contributed by atoms with E-state index in [4.69, 9.17) is 10.2 Å². The monoisotopic (exact) mass is 570 g/mol. The topological polar surface area (TPSA) is 407 Å². The Hall–Kier alpha value is 0.359. The summed E-state index contributed by atoms with van der Waals surface area (Å²) in [6.45, 7) is 0. The van der Waals surface area contributed by atoms with Gasteiger partial charge in [-0.3, -0.25) is 0 Å². The summed E-state index contributed by atoms with van der Waals surface area (Å²) in [6.07, 6.45) is -5.43. The fourth-order valence-electron chi connectivity index (χ4n) is 1.37. The van der Waals surface area contributed by atoms with Crippen LogP contribution in [0.3, 0.4) is 0 Å². The molecule has 0 radical (unpaired) electrons. The van der Waals surface area contributed by atoms with E-state index in [1.54, 1.807) is 0 Å². The second-order valence-electron chi connectivity index (χ2n) is 4.83. The quantitative estimate of drug-likeness (QED) is 0.230. The normalized spacial score (nSPS) is 8.55. The van der Waals surface area contributed by atoms with Crippen molar-refractivity contribution in [2.75, 3.05) is 0 Å². The van der Waals surface area contributed by atoms with Gasteiger partial charge < -0.3 is 91.5 Å². The maximum Gasteiger partial charge on any atom is 2.00 e. The third-order valence-electron chi connectivity index (χ3n) is 2.51. The van der Waals surface area contributed by atoms with Crippen molar-refractivity contribution in [1.29, 1.82) is 0 Å². The third-order valence-corrected chi connectivity index (χ3v) is 2.51. The Morgan fingerprint density at radius 1 is 0.455 bits per heavy atom. The van der Waals surface area contributed by atoms with E-state index in [0.29, 0.717) is 0 Å². The van der Waals surface area contributed by atoms with Gasteiger partial charge in [-0.05, 0) is 0 Å². The predicted octanol–water partition coefficient (Wildman–Crippen LogP) is -14.9. The first-order valence-electron chi connectivity index (χ1n) is 6.23. The number of aliphatic carboxylic acids is 6. The molecule has 0 atom stereocenters. The van der Waals surface area contributed by atoms with Gasteiger partial charge in [0.1, 0.15) is 11.2 Å². The second-order valence-corrected chi connectivity index (χ2v) is 4.83. The first kappa shape index (κ1) is 58.9. The van der Waals surface area contributed by atoms with Crippen LogP contribution in [-0.2, 0) is 28.8 Å². The fourth-order valence-corrected chi connectivity index (χ4v) is 1.37. The van der Waals surface area contributed by atoms with E-state index >= 15 is 0 Å². The van der Waals surface area contributed by atoms with Gasteiger partial charge >= 0.3 is 113 Å². The Morgan fingerprint density at radius 2 is 0.576 bits per heavy atom. The minimum Gasteiger partial charge on any atom is -0.550 e. The number of carboxylic acids is 6. The summed E-state index contributed by atoms with van der Waals surface area (Å²) in [5, 5.41) is 77.9. The van der Waals surface area contributed by atoms with Crippen molar-refractivity contribution in [2.24, 2.45) is 0 Å². The SMILES string of the molecule is O.O.O.O.O=C([O-])CC(O)(CC(=O)[O-])C(=O)[O-].O=C([O-])CC(O)(CC(=O)[O-])C(=O)[O-].[Ca+2].[Ca+2].[Ca+2]. The van der Waals surface area contributed by atoms with Crippen molar-refractivity contribution in [3.8, 4) is 0 Å². The van der Waals surface area contributed by atoms with Crippen LogP contribution in [0, 0.1) is 0 Å². The van der Waals surface area contributed by atoms with Gasteiger partial charge in [0.05, 0.1) is 11.9 Å². The number of rotatable bonds is 10. The van der Waals surface area contributed by atoms with E-state index in [1.807, 2.05) is 0 Å². The molecular formula is C12H18Ca3O18. The predicted molar refractivity (Wildman–Crippen MR) is 90.1 cm³/mol. The maximum atomic E-state index is 10.1. The molecule has 33 heavy (non-hydrogen) atoms. The molecule has 0 heterocycles. The standard InChI is InChI=1S/2C6H8O7.3Ca.4H2O/c2*7-3(8)1-6(13,5(11)12)2-4(9)10;;;;;;;/h2*13H,1-2H2,(H,7,8)(H,9,10)(H,11,12);;;;4*1H2/q;;3*+2;;;;/p-6. The molecule has 0 fully saturated rings. The summed E-state index contributed by atoms with van der Waals surface area (Å²) in [7, 11) is 0. The summed E-state index contributed by atoms with van der Waals surface area (Å²) in [5.41, 5.74) is -5.95. The number of carbonyl (C=O) groups is 6. The van der Waals surface area contributed by atoms with Crippen LogP contribution in [0.1, 0.15) is 25.7 Å². The zero-order valence-electron chi connectivity index (χ0n) is 16.7. The molecule has 21 heteroatoms. The number of hydrogen-bond acceptors (Lipinski definition) is 14. The Morgan fingerprint density at radius 3 is 0.636 bits per heavy atom. The van der Waals surface area contributed by atoms with Crippen LogP contribution in [0.2, 0.25) is 0 Å². The molecule has 0 spiro atoms. The molecule has 180 valence electrons. The van der Waals surface area contributed by atoms with Crippen molar-refractivity contribution in [2.45, 2.75) is 36.9 Å². The summed E-state index contributed by atoms with van der Waals surface area (Å²) in [5.74, 6) is -12.0. The molecule has 0 rings (SSSR count). The Bertz CT molecular complexity index is 524. The molecule has 0 aliphatic carbocycles. The minimum absolute atomic E-state index is 0. The molecule has 0 unspecified atom stereocenters. The average molecular weight is 570 g/mol. The van der Waals surface area contributed by atoms with Crippen molar-refractivity contribution in [1.82, 2.24) is 0 Å². The van der Waals surface area contributed by atoms with Crippen LogP contribution >= 0.6 is 0 Å². The Labute approximate surface area is 273 Å². The van der Waals surface area contributed by atoms with Crippen molar-refractivity contribution in [3.05, 3.63) is 0 Å². The van der Waals surface area contributed by atoms with Crippen LogP contribution < -0.4 is 30.6 Å². The second kappa shape index (κ2) is 27.0. The molecule has 0 amide bonds. The molecule has 0 saturated carbocycles. The van der Waals surface area contributed by atoms with Crippen molar-refractivity contribution >= 4 is 149 Å². The van der Waals surface area contributed by atoms with Gasteiger partial charge in [-0.2, -0.15) is 0 Å². The van der Waals surface area contributed by atoms with E-state index in [0.717, 1.165) is 0 Å². The zero-order valence-corrected chi connectivity index (χ0v) is 23.4. The molecule has 0 aliphatic rings. The summed E-state index contributed by atoms with van der Waals surface area (Å²) < 4.78 is 0. The summed E-state index contributed by atoms with van der Waals surface area (Å²) in [4.78, 5) is 60.0. The van der Waals surface area contributed by atoms with E-state index in [1.165, 1.54) is 0 Å². The molecular weight excluding hydrogens is 552 g/mol. The van der Waals surface area contributed by atoms with Crippen LogP contribution in [0.5, 0.6) is 0 Å². The Kier molecular flexibility index (Phi) is 48.1.